The van der Waals surface area contributed by atoms with Crippen LogP contribution in [0.25, 0.3) is 22.2 Å². The maximum absolute atomic E-state index is 13.0. The first-order valence-corrected chi connectivity index (χ1v) is 10.7. The molecule has 4 aromatic rings. The summed E-state index contributed by atoms with van der Waals surface area (Å²) in [6, 6.07) is 22.1. The van der Waals surface area contributed by atoms with Crippen LogP contribution in [0.1, 0.15) is 35.9 Å². The van der Waals surface area contributed by atoms with Crippen molar-refractivity contribution < 1.29 is 9.21 Å². The Kier molecular flexibility index (Phi) is 4.94. The zero-order valence-electron chi connectivity index (χ0n) is 17.8. The first kappa shape index (κ1) is 19.4. The molecule has 31 heavy (non-hydrogen) atoms. The van der Waals surface area contributed by atoms with E-state index in [2.05, 4.69) is 23.5 Å². The summed E-state index contributed by atoms with van der Waals surface area (Å²) < 4.78 is 6.08. The summed E-state index contributed by atoms with van der Waals surface area (Å²) in [6.07, 6.45) is 1.78. The van der Waals surface area contributed by atoms with E-state index in [-0.39, 0.29) is 12.1 Å². The number of urea groups is 1. The molecule has 5 heteroatoms. The van der Waals surface area contributed by atoms with E-state index < -0.39 is 0 Å². The lowest BCUT2D eigenvalue weighted by atomic mass is 10.1. The van der Waals surface area contributed by atoms with E-state index in [4.69, 9.17) is 9.40 Å². The van der Waals surface area contributed by atoms with Gasteiger partial charge in [0.25, 0.3) is 0 Å². The van der Waals surface area contributed by atoms with Crippen LogP contribution in [0.4, 0.5) is 10.5 Å². The number of nitrogens with one attached hydrogen (secondary N) is 1. The van der Waals surface area contributed by atoms with Gasteiger partial charge in [0.2, 0.25) is 5.89 Å². The molecule has 1 aliphatic heterocycles. The molecule has 1 saturated heterocycles. The van der Waals surface area contributed by atoms with Gasteiger partial charge >= 0.3 is 6.03 Å². The number of carbonyl (C=O) groups is 1. The number of oxazole rings is 1. The van der Waals surface area contributed by atoms with Crippen molar-refractivity contribution in [3.63, 3.8) is 0 Å². The number of fused-ring (bicyclic) bond motifs is 1. The Labute approximate surface area is 181 Å². The molecular weight excluding hydrogens is 386 g/mol. The number of rotatable bonds is 3. The SMILES string of the molecule is Cc1ccc(NC(=O)N2CCCC2c2nc3cc(-c4ccccc4)ccc3o2)c(C)c1. The maximum Gasteiger partial charge on any atom is 0.322 e. The summed E-state index contributed by atoms with van der Waals surface area (Å²) in [4.78, 5) is 19.6. The van der Waals surface area contributed by atoms with Gasteiger partial charge < -0.3 is 14.6 Å². The van der Waals surface area contributed by atoms with Crippen molar-refractivity contribution in [1.29, 1.82) is 0 Å². The van der Waals surface area contributed by atoms with E-state index in [1.807, 2.05) is 67.3 Å². The highest BCUT2D eigenvalue weighted by Crippen LogP contribution is 2.35. The summed E-state index contributed by atoms with van der Waals surface area (Å²) in [6.45, 7) is 4.75. The number of aromatic nitrogens is 1. The van der Waals surface area contributed by atoms with Crippen molar-refractivity contribution in [3.05, 3.63) is 83.7 Å². The van der Waals surface area contributed by atoms with E-state index in [1.54, 1.807) is 0 Å². The third kappa shape index (κ3) is 3.79. The van der Waals surface area contributed by atoms with Gasteiger partial charge in [0.15, 0.2) is 5.58 Å². The molecule has 0 aliphatic carbocycles. The van der Waals surface area contributed by atoms with Crippen LogP contribution in [0.2, 0.25) is 0 Å². The number of amides is 2. The molecule has 1 unspecified atom stereocenters. The summed E-state index contributed by atoms with van der Waals surface area (Å²) in [5.41, 5.74) is 6.88. The number of nitrogens with zero attached hydrogens (tertiary/aromatic N) is 2. The first-order valence-electron chi connectivity index (χ1n) is 10.7. The number of aryl methyl sites for hydroxylation is 2. The molecule has 2 amide bonds. The number of likely N-dealkylation sites (tertiary alicyclic amines) is 1. The zero-order chi connectivity index (χ0) is 21.4. The lowest BCUT2D eigenvalue weighted by Crippen LogP contribution is -2.34. The smallest absolute Gasteiger partial charge is 0.322 e. The highest BCUT2D eigenvalue weighted by atomic mass is 16.4. The van der Waals surface area contributed by atoms with Crippen molar-refractivity contribution >= 4 is 22.8 Å². The Morgan fingerprint density at radius 3 is 2.68 bits per heavy atom. The van der Waals surface area contributed by atoms with Gasteiger partial charge in [-0.15, -0.1) is 0 Å². The minimum absolute atomic E-state index is 0.110. The summed E-state index contributed by atoms with van der Waals surface area (Å²) in [5.74, 6) is 0.605. The molecule has 2 heterocycles. The minimum atomic E-state index is -0.154. The average Bonchev–Trinajstić information content (AvgIpc) is 3.42. The summed E-state index contributed by atoms with van der Waals surface area (Å²) >= 11 is 0. The van der Waals surface area contributed by atoms with Crippen molar-refractivity contribution in [2.75, 3.05) is 11.9 Å². The standard InChI is InChI=1S/C26H25N3O2/c1-17-10-12-21(18(2)15-17)28-26(30)29-14-6-9-23(29)25-27-22-16-20(11-13-24(22)31-25)19-7-4-3-5-8-19/h3-5,7-8,10-13,15-16,23H,6,9,14H2,1-2H3,(H,28,30). The monoisotopic (exact) mass is 411 g/mol. The van der Waals surface area contributed by atoms with Crippen LogP contribution in [0.3, 0.4) is 0 Å². The van der Waals surface area contributed by atoms with E-state index in [0.717, 1.165) is 46.3 Å². The van der Waals surface area contributed by atoms with Crippen molar-refractivity contribution in [3.8, 4) is 11.1 Å². The summed E-state index contributed by atoms with van der Waals surface area (Å²) in [7, 11) is 0. The van der Waals surface area contributed by atoms with Crippen molar-refractivity contribution in [1.82, 2.24) is 9.88 Å². The average molecular weight is 412 g/mol. The van der Waals surface area contributed by atoms with Crippen molar-refractivity contribution in [2.45, 2.75) is 32.7 Å². The maximum atomic E-state index is 13.0. The molecule has 1 fully saturated rings. The van der Waals surface area contributed by atoms with E-state index >= 15 is 0 Å². The molecule has 5 rings (SSSR count). The summed E-state index contributed by atoms with van der Waals surface area (Å²) in [5, 5.41) is 3.06. The topological polar surface area (TPSA) is 58.4 Å². The van der Waals surface area contributed by atoms with Crippen LogP contribution in [0.5, 0.6) is 0 Å². The van der Waals surface area contributed by atoms with E-state index in [1.165, 1.54) is 5.56 Å². The second-order valence-electron chi connectivity index (χ2n) is 8.20. The zero-order valence-corrected chi connectivity index (χ0v) is 17.8. The van der Waals surface area contributed by atoms with Gasteiger partial charge in [-0.2, -0.15) is 0 Å². The second-order valence-corrected chi connectivity index (χ2v) is 8.20. The molecular formula is C26H25N3O2. The lowest BCUT2D eigenvalue weighted by Gasteiger charge is -2.23. The Bertz CT molecular complexity index is 1250. The van der Waals surface area contributed by atoms with Crippen molar-refractivity contribution in [2.24, 2.45) is 0 Å². The minimum Gasteiger partial charge on any atom is -0.438 e. The number of anilines is 1. The molecule has 1 aromatic heterocycles. The van der Waals surface area contributed by atoms with Gasteiger partial charge in [-0.05, 0) is 61.6 Å². The Hall–Kier alpha value is -3.60. The van der Waals surface area contributed by atoms with Gasteiger partial charge in [0, 0.05) is 12.2 Å². The molecule has 1 aliphatic rings. The van der Waals surface area contributed by atoms with Gasteiger partial charge in [0.05, 0.1) is 0 Å². The molecule has 0 bridgehead atoms. The van der Waals surface area contributed by atoms with Crippen LogP contribution in [-0.2, 0) is 0 Å². The van der Waals surface area contributed by atoms with Gasteiger partial charge in [-0.1, -0.05) is 54.1 Å². The second kappa shape index (κ2) is 7.91. The van der Waals surface area contributed by atoms with E-state index in [0.29, 0.717) is 12.4 Å². The predicted octanol–water partition coefficient (Wildman–Crippen LogP) is 6.48. The molecule has 156 valence electrons. The number of benzene rings is 3. The fourth-order valence-electron chi connectivity index (χ4n) is 4.31. The van der Waals surface area contributed by atoms with Crippen LogP contribution >= 0.6 is 0 Å². The number of carbonyl (C=O) groups excluding carboxylic acids is 1. The quantitative estimate of drug-likeness (QED) is 0.420. The van der Waals surface area contributed by atoms with Crippen LogP contribution in [0, 0.1) is 13.8 Å². The highest BCUT2D eigenvalue weighted by Gasteiger charge is 2.33. The third-order valence-corrected chi connectivity index (χ3v) is 5.93. The van der Waals surface area contributed by atoms with Gasteiger partial charge in [-0.3, -0.25) is 0 Å². The molecule has 5 nitrogen and oxygen atoms in total. The highest BCUT2D eigenvalue weighted by molar-refractivity contribution is 5.90. The van der Waals surface area contributed by atoms with Gasteiger partial charge in [-0.25, -0.2) is 9.78 Å². The Morgan fingerprint density at radius 2 is 1.87 bits per heavy atom. The van der Waals surface area contributed by atoms with Gasteiger partial charge in [0.1, 0.15) is 11.6 Å². The predicted molar refractivity (Wildman–Crippen MR) is 123 cm³/mol. The lowest BCUT2D eigenvalue weighted by molar-refractivity contribution is 0.199. The normalized spacial score (nSPS) is 16.1. The van der Waals surface area contributed by atoms with Crippen LogP contribution in [-0.4, -0.2) is 22.5 Å². The molecule has 1 N–H and O–H groups in total. The third-order valence-electron chi connectivity index (χ3n) is 5.93. The molecule has 0 saturated carbocycles. The molecule has 3 aromatic carbocycles. The Morgan fingerprint density at radius 1 is 1.03 bits per heavy atom. The Balaban J connectivity index is 1.40. The molecule has 1 atom stereocenters. The largest absolute Gasteiger partial charge is 0.438 e. The fraction of sp³-hybridized carbons (Fsp3) is 0.231. The number of hydrogen-bond acceptors (Lipinski definition) is 3. The van der Waals surface area contributed by atoms with Crippen LogP contribution < -0.4 is 5.32 Å². The van der Waals surface area contributed by atoms with Crippen LogP contribution in [0.15, 0.2) is 71.1 Å². The number of hydrogen-bond donors (Lipinski definition) is 1. The molecule has 0 radical (unpaired) electrons. The first-order chi connectivity index (χ1) is 15.1. The fourth-order valence-corrected chi connectivity index (χ4v) is 4.31. The van der Waals surface area contributed by atoms with E-state index in [9.17, 15) is 4.79 Å². The molecule has 0 spiro atoms.